The van der Waals surface area contributed by atoms with Crippen LogP contribution in [0.25, 0.3) is 0 Å². The molecule has 98 valence electrons. The summed E-state index contributed by atoms with van der Waals surface area (Å²) in [6.07, 6.45) is 1.50. The van der Waals surface area contributed by atoms with E-state index in [0.29, 0.717) is 23.5 Å². The lowest BCUT2D eigenvalue weighted by molar-refractivity contribution is 0.0954. The quantitative estimate of drug-likeness (QED) is 0.769. The zero-order chi connectivity index (χ0) is 13.8. The molecule has 3 N–H and O–H groups in total. The van der Waals surface area contributed by atoms with Crippen molar-refractivity contribution >= 4 is 33.0 Å². The SMILES string of the molecule is CS(=O)(=O)c1cccc(C(=O)NCCC(N)=S)c1. The van der Waals surface area contributed by atoms with Gasteiger partial charge < -0.3 is 11.1 Å². The maximum absolute atomic E-state index is 11.7. The average Bonchev–Trinajstić information content (AvgIpc) is 2.27. The number of thiocarbonyl (C=S) groups is 1. The van der Waals surface area contributed by atoms with Crippen LogP contribution in [0.1, 0.15) is 16.8 Å². The number of hydrogen-bond donors (Lipinski definition) is 2. The van der Waals surface area contributed by atoms with Crippen LogP contribution in [0.2, 0.25) is 0 Å². The minimum Gasteiger partial charge on any atom is -0.393 e. The lowest BCUT2D eigenvalue weighted by Crippen LogP contribution is -2.27. The monoisotopic (exact) mass is 286 g/mol. The van der Waals surface area contributed by atoms with Crippen molar-refractivity contribution in [2.45, 2.75) is 11.3 Å². The van der Waals surface area contributed by atoms with Gasteiger partial charge in [-0.15, -0.1) is 0 Å². The summed E-state index contributed by atoms with van der Waals surface area (Å²) in [6.45, 7) is 0.331. The summed E-state index contributed by atoms with van der Waals surface area (Å²) >= 11 is 4.68. The highest BCUT2D eigenvalue weighted by Crippen LogP contribution is 2.11. The summed E-state index contributed by atoms with van der Waals surface area (Å²) in [7, 11) is -3.31. The number of hydrogen-bond acceptors (Lipinski definition) is 4. The molecule has 7 heteroatoms. The summed E-state index contributed by atoms with van der Waals surface area (Å²) < 4.78 is 22.7. The summed E-state index contributed by atoms with van der Waals surface area (Å²) in [5, 5.41) is 2.61. The molecule has 0 saturated heterocycles. The molecule has 1 aromatic rings. The van der Waals surface area contributed by atoms with Gasteiger partial charge in [-0.2, -0.15) is 0 Å². The van der Waals surface area contributed by atoms with Gasteiger partial charge in [0.25, 0.3) is 5.91 Å². The van der Waals surface area contributed by atoms with Crippen molar-refractivity contribution in [3.8, 4) is 0 Å². The summed E-state index contributed by atoms with van der Waals surface area (Å²) in [4.78, 5) is 12.2. The van der Waals surface area contributed by atoms with E-state index in [0.717, 1.165) is 6.26 Å². The van der Waals surface area contributed by atoms with Crippen LogP contribution in [0, 0.1) is 0 Å². The second kappa shape index (κ2) is 5.92. The molecule has 0 aliphatic rings. The van der Waals surface area contributed by atoms with Gasteiger partial charge in [-0.3, -0.25) is 4.79 Å². The standard InChI is InChI=1S/C11H14N2O3S2/c1-18(15,16)9-4-2-3-8(7-9)11(14)13-6-5-10(12)17/h2-4,7H,5-6H2,1H3,(H2,12,17)(H,13,14). The Morgan fingerprint density at radius 3 is 2.67 bits per heavy atom. The minimum absolute atomic E-state index is 0.115. The predicted molar refractivity (Wildman–Crippen MR) is 73.3 cm³/mol. The number of sulfone groups is 1. The largest absolute Gasteiger partial charge is 0.393 e. The Balaban J connectivity index is 2.78. The van der Waals surface area contributed by atoms with Gasteiger partial charge in [0, 0.05) is 24.8 Å². The molecule has 5 nitrogen and oxygen atoms in total. The average molecular weight is 286 g/mol. The van der Waals surface area contributed by atoms with Crippen LogP contribution in [0.3, 0.4) is 0 Å². The Morgan fingerprint density at radius 2 is 2.11 bits per heavy atom. The first-order valence-electron chi connectivity index (χ1n) is 5.17. The molecular formula is C11H14N2O3S2. The van der Waals surface area contributed by atoms with Gasteiger partial charge in [-0.1, -0.05) is 18.3 Å². The summed E-state index contributed by atoms with van der Waals surface area (Å²) in [6, 6.07) is 5.86. The first kappa shape index (κ1) is 14.6. The third-order valence-corrected chi connectivity index (χ3v) is 3.50. The van der Waals surface area contributed by atoms with Crippen molar-refractivity contribution in [1.82, 2.24) is 5.32 Å². The van der Waals surface area contributed by atoms with Crippen molar-refractivity contribution < 1.29 is 13.2 Å². The van der Waals surface area contributed by atoms with E-state index in [4.69, 9.17) is 5.73 Å². The molecule has 18 heavy (non-hydrogen) atoms. The number of rotatable bonds is 5. The maximum atomic E-state index is 11.7. The Labute approximate surface area is 111 Å². The van der Waals surface area contributed by atoms with Crippen molar-refractivity contribution in [3.63, 3.8) is 0 Å². The van der Waals surface area contributed by atoms with Crippen molar-refractivity contribution in [2.24, 2.45) is 5.73 Å². The molecule has 0 aliphatic heterocycles. The molecule has 0 aromatic heterocycles. The Bertz CT molecular complexity index is 567. The molecular weight excluding hydrogens is 272 g/mol. The van der Waals surface area contributed by atoms with E-state index in [1.807, 2.05) is 0 Å². The molecule has 0 fully saturated rings. The highest BCUT2D eigenvalue weighted by Gasteiger charge is 2.11. The first-order chi connectivity index (χ1) is 8.30. The molecule has 0 spiro atoms. The van der Waals surface area contributed by atoms with E-state index < -0.39 is 9.84 Å². The van der Waals surface area contributed by atoms with E-state index in [1.54, 1.807) is 6.07 Å². The second-order valence-electron chi connectivity index (χ2n) is 3.77. The number of nitrogens with two attached hydrogens (primary N) is 1. The van der Waals surface area contributed by atoms with Crippen molar-refractivity contribution in [2.75, 3.05) is 12.8 Å². The van der Waals surface area contributed by atoms with Gasteiger partial charge in [-0.25, -0.2) is 8.42 Å². The third-order valence-electron chi connectivity index (χ3n) is 2.18. The first-order valence-corrected chi connectivity index (χ1v) is 7.47. The molecule has 0 unspecified atom stereocenters. The molecule has 1 amide bonds. The number of carbonyl (C=O) groups excluding carboxylic acids is 1. The van der Waals surface area contributed by atoms with E-state index >= 15 is 0 Å². The number of amides is 1. The van der Waals surface area contributed by atoms with Crippen LogP contribution >= 0.6 is 12.2 Å². The van der Waals surface area contributed by atoms with Crippen LogP contribution in [0.5, 0.6) is 0 Å². The van der Waals surface area contributed by atoms with E-state index in [2.05, 4.69) is 17.5 Å². The Kier molecular flexibility index (Phi) is 4.80. The third kappa shape index (κ3) is 4.42. The predicted octanol–water partition coefficient (Wildman–Crippen LogP) is 0.496. The van der Waals surface area contributed by atoms with Crippen LogP contribution < -0.4 is 11.1 Å². The Hall–Kier alpha value is -1.47. The number of carbonyl (C=O) groups is 1. The van der Waals surface area contributed by atoms with Gasteiger partial charge in [0.1, 0.15) is 0 Å². The normalized spacial score (nSPS) is 10.9. The molecule has 0 heterocycles. The molecule has 1 aromatic carbocycles. The molecule has 0 radical (unpaired) electrons. The summed E-state index contributed by atoms with van der Waals surface area (Å²) in [5.74, 6) is -0.350. The van der Waals surface area contributed by atoms with Gasteiger partial charge in [-0.05, 0) is 18.2 Å². The minimum atomic E-state index is -3.31. The molecule has 0 aliphatic carbocycles. The fourth-order valence-corrected chi connectivity index (χ4v) is 2.04. The molecule has 0 saturated carbocycles. The number of nitrogens with one attached hydrogen (secondary N) is 1. The highest BCUT2D eigenvalue weighted by molar-refractivity contribution is 7.90. The topological polar surface area (TPSA) is 89.3 Å². The zero-order valence-electron chi connectivity index (χ0n) is 9.84. The number of benzene rings is 1. The van der Waals surface area contributed by atoms with Gasteiger partial charge >= 0.3 is 0 Å². The van der Waals surface area contributed by atoms with E-state index in [-0.39, 0.29) is 10.8 Å². The van der Waals surface area contributed by atoms with Crippen molar-refractivity contribution in [3.05, 3.63) is 29.8 Å². The molecule has 0 bridgehead atoms. The maximum Gasteiger partial charge on any atom is 0.251 e. The lowest BCUT2D eigenvalue weighted by atomic mass is 10.2. The summed E-state index contributed by atoms with van der Waals surface area (Å²) in [5.41, 5.74) is 5.59. The fourth-order valence-electron chi connectivity index (χ4n) is 1.27. The fraction of sp³-hybridized carbons (Fsp3) is 0.273. The Morgan fingerprint density at radius 1 is 1.44 bits per heavy atom. The van der Waals surface area contributed by atoms with Crippen LogP contribution in [-0.2, 0) is 9.84 Å². The van der Waals surface area contributed by atoms with Crippen LogP contribution in [0.15, 0.2) is 29.2 Å². The molecule has 1 rings (SSSR count). The van der Waals surface area contributed by atoms with Crippen molar-refractivity contribution in [1.29, 1.82) is 0 Å². The van der Waals surface area contributed by atoms with Crippen LogP contribution in [-0.4, -0.2) is 32.1 Å². The second-order valence-corrected chi connectivity index (χ2v) is 6.31. The zero-order valence-corrected chi connectivity index (χ0v) is 11.5. The highest BCUT2D eigenvalue weighted by atomic mass is 32.2. The van der Waals surface area contributed by atoms with Crippen LogP contribution in [0.4, 0.5) is 0 Å². The van der Waals surface area contributed by atoms with E-state index in [9.17, 15) is 13.2 Å². The lowest BCUT2D eigenvalue weighted by Gasteiger charge is -2.05. The molecule has 0 atom stereocenters. The van der Waals surface area contributed by atoms with E-state index in [1.165, 1.54) is 18.2 Å². The van der Waals surface area contributed by atoms with Gasteiger partial charge in [0.2, 0.25) is 0 Å². The van der Waals surface area contributed by atoms with Gasteiger partial charge in [0.15, 0.2) is 9.84 Å². The van der Waals surface area contributed by atoms with Gasteiger partial charge in [0.05, 0.1) is 9.88 Å². The smallest absolute Gasteiger partial charge is 0.251 e.